The molecular formula is C26H25Cl2FN4O3S. The van der Waals surface area contributed by atoms with E-state index in [0.29, 0.717) is 51.2 Å². The van der Waals surface area contributed by atoms with Gasteiger partial charge in [0.2, 0.25) is 0 Å². The van der Waals surface area contributed by atoms with Gasteiger partial charge in [0.1, 0.15) is 5.82 Å². The highest BCUT2D eigenvalue weighted by atomic mass is 35.5. The van der Waals surface area contributed by atoms with Gasteiger partial charge in [-0.05, 0) is 60.4 Å². The summed E-state index contributed by atoms with van der Waals surface area (Å²) in [6, 6.07) is 10.6. The number of sulfone groups is 1. The number of benzene rings is 2. The van der Waals surface area contributed by atoms with Crippen molar-refractivity contribution in [1.29, 1.82) is 0 Å². The van der Waals surface area contributed by atoms with E-state index < -0.39 is 21.6 Å². The second-order valence-electron chi connectivity index (χ2n) is 9.28. The van der Waals surface area contributed by atoms with Crippen LogP contribution in [0.25, 0.3) is 17.3 Å². The number of hydrogen-bond donors (Lipinski definition) is 1. The lowest BCUT2D eigenvalue weighted by Crippen LogP contribution is -2.43. The van der Waals surface area contributed by atoms with Crippen LogP contribution >= 0.6 is 23.2 Å². The monoisotopic (exact) mass is 562 g/mol. The largest absolute Gasteiger partial charge is 0.286 e. The van der Waals surface area contributed by atoms with E-state index in [-0.39, 0.29) is 17.2 Å². The molecule has 11 heteroatoms. The van der Waals surface area contributed by atoms with Gasteiger partial charge in [-0.3, -0.25) is 10.2 Å². The summed E-state index contributed by atoms with van der Waals surface area (Å²) >= 11 is 12.6. The van der Waals surface area contributed by atoms with Crippen molar-refractivity contribution in [3.8, 4) is 5.69 Å². The maximum atomic E-state index is 13.5. The van der Waals surface area contributed by atoms with Crippen LogP contribution < -0.4 is 5.43 Å². The van der Waals surface area contributed by atoms with Gasteiger partial charge < -0.3 is 0 Å². The number of nitrogens with zero attached hydrogens (tertiary/aromatic N) is 3. The maximum Gasteiger partial charge on any atom is 0.286 e. The quantitative estimate of drug-likeness (QED) is 0.466. The zero-order chi connectivity index (χ0) is 26.2. The summed E-state index contributed by atoms with van der Waals surface area (Å²) in [5.41, 5.74) is 5.23. The third-order valence-electron chi connectivity index (χ3n) is 6.46. The molecule has 1 saturated heterocycles. The fourth-order valence-corrected chi connectivity index (χ4v) is 6.75. The molecule has 3 aromatic rings. The molecule has 5 rings (SSSR count). The van der Waals surface area contributed by atoms with Gasteiger partial charge in [-0.1, -0.05) is 48.2 Å². The Bertz CT molecular complexity index is 1480. The van der Waals surface area contributed by atoms with Crippen LogP contribution in [0.2, 0.25) is 10.0 Å². The van der Waals surface area contributed by atoms with E-state index in [4.69, 9.17) is 23.2 Å². The van der Waals surface area contributed by atoms with E-state index in [1.54, 1.807) is 36.4 Å². The highest BCUT2D eigenvalue weighted by molar-refractivity contribution is 7.91. The van der Waals surface area contributed by atoms with Crippen molar-refractivity contribution in [2.24, 2.45) is 0 Å². The van der Waals surface area contributed by atoms with Gasteiger partial charge in [0.15, 0.2) is 15.5 Å². The maximum absolute atomic E-state index is 13.5. The van der Waals surface area contributed by atoms with Crippen LogP contribution in [0.15, 0.2) is 42.5 Å². The van der Waals surface area contributed by atoms with E-state index in [1.165, 1.54) is 16.8 Å². The first-order chi connectivity index (χ1) is 17.7. The third-order valence-corrected chi connectivity index (χ3v) is 8.47. The standard InChI is InChI=1S/C26H25Cl2FN4O3S/c27-19-7-10-23(22(28)14-19)33-25-18(13-17-5-8-20(29)9-6-17)15-37(35,36)16-21(25)24(30-33)26(34)31-32-11-3-1-2-4-12-32/h5-10,13-14H,1-4,11-12,15-16H2,(H,31,34)/b18-13+. The van der Waals surface area contributed by atoms with Crippen LogP contribution in [0.3, 0.4) is 0 Å². The fraction of sp³-hybridized carbons (Fsp3) is 0.308. The van der Waals surface area contributed by atoms with Gasteiger partial charge in [-0.15, -0.1) is 0 Å². The van der Waals surface area contributed by atoms with Gasteiger partial charge >= 0.3 is 0 Å². The molecule has 3 heterocycles. The molecule has 1 aromatic heterocycles. The molecule has 1 N–H and O–H groups in total. The van der Waals surface area contributed by atoms with E-state index in [9.17, 15) is 17.6 Å². The Morgan fingerprint density at radius 2 is 1.70 bits per heavy atom. The summed E-state index contributed by atoms with van der Waals surface area (Å²) in [7, 11) is -3.60. The Morgan fingerprint density at radius 3 is 2.38 bits per heavy atom. The van der Waals surface area contributed by atoms with Gasteiger partial charge in [0.25, 0.3) is 5.91 Å². The molecule has 2 aliphatic rings. The number of carbonyl (C=O) groups is 1. The normalized spacial score (nSPS) is 18.8. The molecule has 1 amide bonds. The molecule has 194 valence electrons. The minimum atomic E-state index is -3.60. The number of hydrogen-bond acceptors (Lipinski definition) is 5. The minimum absolute atomic E-state index is 0.0264. The van der Waals surface area contributed by atoms with E-state index in [2.05, 4.69) is 10.5 Å². The Balaban J connectivity index is 1.67. The number of nitrogens with one attached hydrogen (secondary N) is 1. The Hall–Kier alpha value is -2.72. The molecule has 0 unspecified atom stereocenters. The van der Waals surface area contributed by atoms with Gasteiger partial charge in [-0.25, -0.2) is 22.5 Å². The molecule has 0 aliphatic carbocycles. The summed E-state index contributed by atoms with van der Waals surface area (Å²) in [4.78, 5) is 13.5. The molecule has 0 saturated carbocycles. The lowest BCUT2D eigenvalue weighted by atomic mass is 10.0. The Kier molecular flexibility index (Phi) is 7.40. The summed E-state index contributed by atoms with van der Waals surface area (Å²) in [5.74, 6) is -1.47. The first-order valence-electron chi connectivity index (χ1n) is 12.0. The molecule has 2 aromatic carbocycles. The zero-order valence-electron chi connectivity index (χ0n) is 19.9. The van der Waals surface area contributed by atoms with E-state index in [1.807, 2.05) is 5.01 Å². The molecule has 7 nitrogen and oxygen atoms in total. The van der Waals surface area contributed by atoms with Crippen LogP contribution in [0.5, 0.6) is 0 Å². The Labute approximate surface area is 224 Å². The number of rotatable bonds is 4. The van der Waals surface area contributed by atoms with Crippen LogP contribution in [-0.4, -0.2) is 48.0 Å². The van der Waals surface area contributed by atoms with Crippen LogP contribution in [0.4, 0.5) is 4.39 Å². The number of hydrazine groups is 1. The van der Waals surface area contributed by atoms with Crippen molar-refractivity contribution in [3.05, 3.63) is 80.8 Å². The molecule has 37 heavy (non-hydrogen) atoms. The third kappa shape index (κ3) is 5.75. The average Bonchev–Trinajstić information content (AvgIpc) is 3.01. The van der Waals surface area contributed by atoms with Crippen molar-refractivity contribution < 1.29 is 17.6 Å². The fourth-order valence-electron chi connectivity index (χ4n) is 4.75. The van der Waals surface area contributed by atoms with E-state index >= 15 is 0 Å². The summed E-state index contributed by atoms with van der Waals surface area (Å²) in [6.45, 7) is 1.43. The highest BCUT2D eigenvalue weighted by Crippen LogP contribution is 2.36. The van der Waals surface area contributed by atoms with Gasteiger partial charge in [0.05, 0.1) is 27.9 Å². The van der Waals surface area contributed by atoms with Crippen LogP contribution in [0, 0.1) is 5.82 Å². The number of amides is 1. The highest BCUT2D eigenvalue weighted by Gasteiger charge is 2.35. The molecule has 0 radical (unpaired) electrons. The molecule has 2 aliphatic heterocycles. The van der Waals surface area contributed by atoms with Crippen molar-refractivity contribution in [3.63, 3.8) is 0 Å². The summed E-state index contributed by atoms with van der Waals surface area (Å²) in [5, 5.41) is 7.19. The number of fused-ring (bicyclic) bond motifs is 1. The molecule has 1 fully saturated rings. The SMILES string of the molecule is O=C(NN1CCCCCC1)c1nn(-c2ccc(Cl)cc2Cl)c2c1CS(=O)(=O)C/C2=C\c1ccc(F)cc1. The summed E-state index contributed by atoms with van der Waals surface area (Å²) < 4.78 is 41.0. The minimum Gasteiger partial charge on any atom is -0.283 e. The molecular weight excluding hydrogens is 538 g/mol. The number of carbonyl (C=O) groups excluding carboxylic acids is 1. The lowest BCUT2D eigenvalue weighted by Gasteiger charge is -2.21. The molecule has 0 atom stereocenters. The number of halogens is 3. The van der Waals surface area contributed by atoms with Crippen molar-refractivity contribution in [2.45, 2.75) is 31.4 Å². The zero-order valence-corrected chi connectivity index (χ0v) is 22.2. The first-order valence-corrected chi connectivity index (χ1v) is 14.6. The summed E-state index contributed by atoms with van der Waals surface area (Å²) in [6.07, 6.45) is 5.80. The smallest absolute Gasteiger partial charge is 0.283 e. The predicted molar refractivity (Wildman–Crippen MR) is 143 cm³/mol. The van der Waals surface area contributed by atoms with E-state index in [0.717, 1.165) is 25.7 Å². The van der Waals surface area contributed by atoms with Gasteiger partial charge in [0, 0.05) is 23.7 Å². The van der Waals surface area contributed by atoms with Gasteiger partial charge in [-0.2, -0.15) is 5.10 Å². The van der Waals surface area contributed by atoms with Crippen LogP contribution in [0.1, 0.15) is 53.0 Å². The lowest BCUT2D eigenvalue weighted by molar-refractivity contribution is 0.0787. The average molecular weight is 563 g/mol. The van der Waals surface area contributed by atoms with Crippen molar-refractivity contribution >= 4 is 50.6 Å². The Morgan fingerprint density at radius 1 is 1.00 bits per heavy atom. The number of aromatic nitrogens is 2. The first kappa shape index (κ1) is 25.9. The van der Waals surface area contributed by atoms with Crippen LogP contribution in [-0.2, 0) is 15.6 Å². The van der Waals surface area contributed by atoms with Crippen molar-refractivity contribution in [2.75, 3.05) is 18.8 Å². The predicted octanol–water partition coefficient (Wildman–Crippen LogP) is 5.31. The topological polar surface area (TPSA) is 84.3 Å². The molecule has 0 spiro atoms. The molecule has 0 bridgehead atoms. The van der Waals surface area contributed by atoms with Crippen molar-refractivity contribution in [1.82, 2.24) is 20.2 Å². The second-order valence-corrected chi connectivity index (χ2v) is 12.2. The second kappa shape index (κ2) is 10.6.